The molecule has 0 amide bonds. The average Bonchev–Trinajstić information content (AvgIpc) is 2.63. The number of fused-ring (bicyclic) bond motifs is 1. The van der Waals surface area contributed by atoms with Crippen LogP contribution < -0.4 is 11.1 Å². The maximum atomic E-state index is 5.98. The molecular formula is C21H18ClN3. The summed E-state index contributed by atoms with van der Waals surface area (Å²) in [4.78, 5) is 4.79. The van der Waals surface area contributed by atoms with Crippen molar-refractivity contribution in [1.29, 1.82) is 0 Å². The lowest BCUT2D eigenvalue weighted by Crippen LogP contribution is -1.96. The molecule has 0 radical (unpaired) electrons. The van der Waals surface area contributed by atoms with Crippen LogP contribution in [0.1, 0.15) is 0 Å². The van der Waals surface area contributed by atoms with Gasteiger partial charge >= 0.3 is 0 Å². The molecule has 0 spiro atoms. The van der Waals surface area contributed by atoms with Crippen LogP contribution in [0.2, 0.25) is 0 Å². The summed E-state index contributed by atoms with van der Waals surface area (Å²) in [7, 11) is 0. The number of benzene rings is 3. The van der Waals surface area contributed by atoms with Crippen molar-refractivity contribution in [2.45, 2.75) is 0 Å². The van der Waals surface area contributed by atoms with Gasteiger partial charge in [-0.15, -0.1) is 12.4 Å². The van der Waals surface area contributed by atoms with E-state index in [9.17, 15) is 0 Å². The number of nitrogens with one attached hydrogen (secondary N) is 1. The van der Waals surface area contributed by atoms with Gasteiger partial charge in [-0.2, -0.15) is 0 Å². The number of para-hydroxylation sites is 1. The molecule has 4 rings (SSSR count). The van der Waals surface area contributed by atoms with E-state index in [1.807, 2.05) is 66.7 Å². The topological polar surface area (TPSA) is 50.9 Å². The van der Waals surface area contributed by atoms with Gasteiger partial charge in [0, 0.05) is 22.3 Å². The molecule has 0 saturated carbocycles. The Bertz CT molecular complexity index is 986. The number of nitrogens with two attached hydrogens (primary N) is 1. The molecule has 0 aliphatic rings. The molecule has 1 aromatic heterocycles. The highest BCUT2D eigenvalue weighted by molar-refractivity contribution is 5.97. The summed E-state index contributed by atoms with van der Waals surface area (Å²) >= 11 is 0. The number of pyridine rings is 1. The molecule has 3 N–H and O–H groups in total. The van der Waals surface area contributed by atoms with Crippen molar-refractivity contribution in [3.05, 3.63) is 84.9 Å². The van der Waals surface area contributed by atoms with E-state index >= 15 is 0 Å². The first-order valence-corrected chi connectivity index (χ1v) is 7.87. The number of hydrogen-bond acceptors (Lipinski definition) is 3. The van der Waals surface area contributed by atoms with Crippen LogP contribution in [-0.2, 0) is 0 Å². The second-order valence-electron chi connectivity index (χ2n) is 5.69. The monoisotopic (exact) mass is 347 g/mol. The first-order chi connectivity index (χ1) is 11.8. The number of nitrogens with zero attached hydrogens (tertiary/aromatic N) is 1. The summed E-state index contributed by atoms with van der Waals surface area (Å²) in [6, 6.07) is 28.2. The molecule has 0 fully saturated rings. The minimum atomic E-state index is 0. The van der Waals surface area contributed by atoms with Crippen LogP contribution in [0.25, 0.3) is 22.2 Å². The minimum Gasteiger partial charge on any atom is -0.399 e. The molecule has 0 atom stereocenters. The summed E-state index contributed by atoms with van der Waals surface area (Å²) in [5.74, 6) is 0. The Morgan fingerprint density at radius 2 is 1.44 bits per heavy atom. The lowest BCUT2D eigenvalue weighted by molar-refractivity contribution is 1.39. The fraction of sp³-hybridized carbons (Fsp3) is 0. The third kappa shape index (κ3) is 3.57. The minimum absolute atomic E-state index is 0. The van der Waals surface area contributed by atoms with E-state index in [1.54, 1.807) is 0 Å². The summed E-state index contributed by atoms with van der Waals surface area (Å²) in [5.41, 5.74) is 11.7. The number of nitrogen functional groups attached to an aromatic ring is 1. The van der Waals surface area contributed by atoms with Gasteiger partial charge in [0.2, 0.25) is 0 Å². The van der Waals surface area contributed by atoms with E-state index in [0.717, 1.165) is 39.2 Å². The molecule has 0 saturated heterocycles. The summed E-state index contributed by atoms with van der Waals surface area (Å²) in [6.45, 7) is 0. The van der Waals surface area contributed by atoms with Gasteiger partial charge in [0.1, 0.15) is 0 Å². The first-order valence-electron chi connectivity index (χ1n) is 7.87. The van der Waals surface area contributed by atoms with Gasteiger partial charge in [-0.25, -0.2) is 4.98 Å². The second-order valence-corrected chi connectivity index (χ2v) is 5.69. The molecule has 3 nitrogen and oxygen atoms in total. The molecule has 0 bridgehead atoms. The highest BCUT2D eigenvalue weighted by Gasteiger charge is 2.08. The van der Waals surface area contributed by atoms with E-state index in [-0.39, 0.29) is 12.4 Å². The molecule has 0 aliphatic carbocycles. The molecule has 4 aromatic rings. The number of halogens is 1. The second kappa shape index (κ2) is 7.24. The van der Waals surface area contributed by atoms with Crippen molar-refractivity contribution in [2.24, 2.45) is 0 Å². The Morgan fingerprint density at radius 1 is 0.760 bits per heavy atom. The lowest BCUT2D eigenvalue weighted by Gasteiger charge is -2.13. The van der Waals surface area contributed by atoms with Crippen molar-refractivity contribution in [1.82, 2.24) is 4.98 Å². The number of aromatic nitrogens is 1. The fourth-order valence-electron chi connectivity index (χ4n) is 2.78. The van der Waals surface area contributed by atoms with Crippen molar-refractivity contribution in [3.8, 4) is 11.3 Å². The van der Waals surface area contributed by atoms with Crippen molar-refractivity contribution in [2.75, 3.05) is 11.1 Å². The van der Waals surface area contributed by atoms with Gasteiger partial charge < -0.3 is 11.1 Å². The maximum Gasteiger partial charge on any atom is 0.0731 e. The van der Waals surface area contributed by atoms with E-state index in [4.69, 9.17) is 10.7 Å². The molecular weight excluding hydrogens is 330 g/mol. The zero-order valence-electron chi connectivity index (χ0n) is 13.5. The fourth-order valence-corrected chi connectivity index (χ4v) is 2.78. The van der Waals surface area contributed by atoms with Gasteiger partial charge in [0.05, 0.1) is 16.9 Å². The highest BCUT2D eigenvalue weighted by atomic mass is 35.5. The predicted molar refractivity (Wildman–Crippen MR) is 109 cm³/mol. The van der Waals surface area contributed by atoms with Gasteiger partial charge in [0.15, 0.2) is 0 Å². The normalized spacial score (nSPS) is 10.2. The average molecular weight is 348 g/mol. The molecule has 3 aromatic carbocycles. The number of rotatable bonds is 3. The first kappa shape index (κ1) is 16.8. The molecule has 0 aliphatic heterocycles. The third-order valence-electron chi connectivity index (χ3n) is 3.96. The Hall–Kier alpha value is -3.04. The molecule has 1 heterocycles. The van der Waals surface area contributed by atoms with Crippen LogP contribution in [0.3, 0.4) is 0 Å². The standard InChI is InChI=1S/C21H17N3.ClH/c22-16-11-12-19-18(13-16)21(23-17-9-5-2-6-10-17)14-20(24-19)15-7-3-1-4-8-15;/h1-14H,22H2,(H,23,24);1H. The Labute approximate surface area is 152 Å². The Kier molecular flexibility index (Phi) is 4.87. The predicted octanol–water partition coefficient (Wildman–Crippen LogP) is 5.65. The van der Waals surface area contributed by atoms with Gasteiger partial charge in [-0.1, -0.05) is 48.5 Å². The Balaban J connectivity index is 0.00000182. The van der Waals surface area contributed by atoms with Crippen LogP contribution >= 0.6 is 12.4 Å². The van der Waals surface area contributed by atoms with Crippen molar-refractivity contribution >= 4 is 40.4 Å². The lowest BCUT2D eigenvalue weighted by atomic mass is 10.1. The quantitative estimate of drug-likeness (QED) is 0.471. The Morgan fingerprint density at radius 3 is 2.16 bits per heavy atom. The van der Waals surface area contributed by atoms with Crippen LogP contribution in [0.5, 0.6) is 0 Å². The molecule has 25 heavy (non-hydrogen) atoms. The maximum absolute atomic E-state index is 5.98. The van der Waals surface area contributed by atoms with Crippen molar-refractivity contribution in [3.63, 3.8) is 0 Å². The van der Waals surface area contributed by atoms with E-state index in [1.165, 1.54) is 0 Å². The summed E-state index contributed by atoms with van der Waals surface area (Å²) < 4.78 is 0. The van der Waals surface area contributed by atoms with E-state index in [0.29, 0.717) is 0 Å². The summed E-state index contributed by atoms with van der Waals surface area (Å²) in [5, 5.41) is 4.50. The smallest absolute Gasteiger partial charge is 0.0731 e. The largest absolute Gasteiger partial charge is 0.399 e. The SMILES string of the molecule is Cl.Nc1ccc2nc(-c3ccccc3)cc(Nc3ccccc3)c2c1. The molecule has 4 heteroatoms. The van der Waals surface area contributed by atoms with Crippen LogP contribution in [0, 0.1) is 0 Å². The van der Waals surface area contributed by atoms with Crippen LogP contribution in [0.15, 0.2) is 84.9 Å². The zero-order chi connectivity index (χ0) is 16.4. The third-order valence-corrected chi connectivity index (χ3v) is 3.96. The van der Waals surface area contributed by atoms with Gasteiger partial charge in [0.25, 0.3) is 0 Å². The summed E-state index contributed by atoms with van der Waals surface area (Å²) in [6.07, 6.45) is 0. The van der Waals surface area contributed by atoms with Gasteiger partial charge in [-0.05, 0) is 36.4 Å². The van der Waals surface area contributed by atoms with Crippen molar-refractivity contribution < 1.29 is 0 Å². The zero-order valence-corrected chi connectivity index (χ0v) is 14.3. The number of anilines is 3. The van der Waals surface area contributed by atoms with E-state index < -0.39 is 0 Å². The highest BCUT2D eigenvalue weighted by Crippen LogP contribution is 2.31. The van der Waals surface area contributed by atoms with Gasteiger partial charge in [-0.3, -0.25) is 0 Å². The molecule has 0 unspecified atom stereocenters. The van der Waals surface area contributed by atoms with Crippen LogP contribution in [-0.4, -0.2) is 4.98 Å². The van der Waals surface area contributed by atoms with Crippen LogP contribution in [0.4, 0.5) is 17.1 Å². The molecule has 124 valence electrons. The van der Waals surface area contributed by atoms with E-state index in [2.05, 4.69) is 23.5 Å². The number of hydrogen-bond donors (Lipinski definition) is 2.